The van der Waals surface area contributed by atoms with Gasteiger partial charge in [0.1, 0.15) is 0 Å². The highest BCUT2D eigenvalue weighted by Crippen LogP contribution is 2.37. The molecule has 0 amide bonds. The number of hydrogen-bond acceptors (Lipinski definition) is 3. The summed E-state index contributed by atoms with van der Waals surface area (Å²) in [4.78, 5) is 13.4. The number of aromatic carboxylic acids is 1. The van der Waals surface area contributed by atoms with E-state index in [4.69, 9.17) is 4.74 Å². The van der Waals surface area contributed by atoms with Gasteiger partial charge in [0.2, 0.25) is 0 Å². The van der Waals surface area contributed by atoms with Crippen molar-refractivity contribution in [3.63, 3.8) is 0 Å². The van der Waals surface area contributed by atoms with Gasteiger partial charge in [-0.2, -0.15) is 0 Å². The summed E-state index contributed by atoms with van der Waals surface area (Å²) in [5, 5.41) is 9.19. The molecule has 2 rings (SSSR count). The normalized spacial score (nSPS) is 15.9. The minimum absolute atomic E-state index is 0.305. The second-order valence-corrected chi connectivity index (χ2v) is 6.18. The van der Waals surface area contributed by atoms with E-state index in [1.54, 1.807) is 19.2 Å². The second kappa shape index (κ2) is 6.59. The molecule has 0 saturated heterocycles. The molecule has 0 heterocycles. The number of nitrogens with zero attached hydrogens (tertiary/aromatic N) is 1. The Bertz CT molecular complexity index is 488. The van der Waals surface area contributed by atoms with Gasteiger partial charge in [0, 0.05) is 29.9 Å². The number of benzene rings is 1. The average molecular weight is 342 g/mol. The lowest BCUT2D eigenvalue weighted by molar-refractivity contribution is 0.0697. The molecule has 1 aromatic rings. The lowest BCUT2D eigenvalue weighted by Gasteiger charge is -2.31. The SMILES string of the molecule is COCCN(c1cc(Br)cc(C(=O)O)c1)C(C)C1CC1. The lowest BCUT2D eigenvalue weighted by Crippen LogP contribution is -2.37. The van der Waals surface area contributed by atoms with Gasteiger partial charge in [-0.15, -0.1) is 0 Å². The van der Waals surface area contributed by atoms with Crippen LogP contribution < -0.4 is 4.90 Å². The molecule has 0 radical (unpaired) electrons. The Labute approximate surface area is 127 Å². The monoisotopic (exact) mass is 341 g/mol. The first kappa shape index (κ1) is 15.3. The number of methoxy groups -OCH3 is 1. The molecule has 5 heteroatoms. The van der Waals surface area contributed by atoms with E-state index in [0.29, 0.717) is 24.1 Å². The van der Waals surface area contributed by atoms with Crippen LogP contribution in [0.25, 0.3) is 0 Å². The first-order valence-corrected chi connectivity index (χ1v) is 7.61. The highest BCUT2D eigenvalue weighted by molar-refractivity contribution is 9.10. The van der Waals surface area contributed by atoms with Crippen LogP contribution in [0, 0.1) is 5.92 Å². The van der Waals surface area contributed by atoms with Crippen LogP contribution in [0.5, 0.6) is 0 Å². The maximum absolute atomic E-state index is 11.2. The minimum atomic E-state index is -0.904. The van der Waals surface area contributed by atoms with Gasteiger partial charge in [-0.25, -0.2) is 4.79 Å². The maximum Gasteiger partial charge on any atom is 0.335 e. The third kappa shape index (κ3) is 3.73. The Morgan fingerprint density at radius 1 is 1.50 bits per heavy atom. The number of hydrogen-bond donors (Lipinski definition) is 1. The summed E-state index contributed by atoms with van der Waals surface area (Å²) in [6.45, 7) is 3.60. The van der Waals surface area contributed by atoms with E-state index in [-0.39, 0.29) is 0 Å². The zero-order valence-corrected chi connectivity index (χ0v) is 13.4. The number of carboxylic acids is 1. The summed E-state index contributed by atoms with van der Waals surface area (Å²) in [6.07, 6.45) is 2.51. The average Bonchev–Trinajstić information content (AvgIpc) is 3.22. The molecule has 1 aliphatic carbocycles. The topological polar surface area (TPSA) is 49.8 Å². The Morgan fingerprint density at radius 2 is 2.20 bits per heavy atom. The van der Waals surface area contributed by atoms with E-state index >= 15 is 0 Å². The smallest absolute Gasteiger partial charge is 0.335 e. The summed E-state index contributed by atoms with van der Waals surface area (Å²) < 4.78 is 5.97. The first-order valence-electron chi connectivity index (χ1n) is 6.82. The quantitative estimate of drug-likeness (QED) is 0.825. The lowest BCUT2D eigenvalue weighted by atomic mass is 10.1. The molecule has 0 bridgehead atoms. The van der Waals surface area contributed by atoms with Crippen LogP contribution in [0.2, 0.25) is 0 Å². The van der Waals surface area contributed by atoms with Gasteiger partial charge >= 0.3 is 5.97 Å². The van der Waals surface area contributed by atoms with Crippen molar-refractivity contribution in [1.82, 2.24) is 0 Å². The van der Waals surface area contributed by atoms with Gasteiger partial charge in [0.05, 0.1) is 12.2 Å². The predicted octanol–water partition coefficient (Wildman–Crippen LogP) is 3.40. The van der Waals surface area contributed by atoms with Crippen LogP contribution in [0.4, 0.5) is 5.69 Å². The van der Waals surface area contributed by atoms with Crippen molar-refractivity contribution in [1.29, 1.82) is 0 Å². The Morgan fingerprint density at radius 3 is 2.75 bits per heavy atom. The molecular formula is C15H20BrNO3. The molecule has 1 fully saturated rings. The third-order valence-corrected chi connectivity index (χ3v) is 4.25. The van der Waals surface area contributed by atoms with Crippen LogP contribution >= 0.6 is 15.9 Å². The molecule has 0 aromatic heterocycles. The highest BCUT2D eigenvalue weighted by Gasteiger charge is 2.32. The molecule has 110 valence electrons. The number of carboxylic acid groups (broad SMARTS) is 1. The van der Waals surface area contributed by atoms with Gasteiger partial charge < -0.3 is 14.7 Å². The molecule has 1 saturated carbocycles. The molecule has 1 aliphatic rings. The van der Waals surface area contributed by atoms with Gasteiger partial charge in [0.15, 0.2) is 0 Å². The molecule has 1 aromatic carbocycles. The van der Waals surface area contributed by atoms with E-state index in [9.17, 15) is 9.90 Å². The Hall–Kier alpha value is -1.07. The van der Waals surface area contributed by atoms with Crippen LogP contribution in [0.15, 0.2) is 22.7 Å². The van der Waals surface area contributed by atoms with Crippen molar-refractivity contribution in [2.24, 2.45) is 5.92 Å². The van der Waals surface area contributed by atoms with Gasteiger partial charge in [-0.1, -0.05) is 15.9 Å². The summed E-state index contributed by atoms with van der Waals surface area (Å²) in [5.74, 6) is -0.197. The molecule has 1 N–H and O–H groups in total. The van der Waals surface area contributed by atoms with Crippen molar-refractivity contribution in [2.75, 3.05) is 25.2 Å². The largest absolute Gasteiger partial charge is 0.478 e. The fraction of sp³-hybridized carbons (Fsp3) is 0.533. The molecule has 20 heavy (non-hydrogen) atoms. The van der Waals surface area contributed by atoms with Crippen molar-refractivity contribution in [2.45, 2.75) is 25.8 Å². The second-order valence-electron chi connectivity index (χ2n) is 5.27. The predicted molar refractivity (Wildman–Crippen MR) is 82.5 cm³/mol. The molecule has 0 spiro atoms. The Balaban J connectivity index is 2.28. The number of anilines is 1. The zero-order valence-electron chi connectivity index (χ0n) is 11.8. The van der Waals surface area contributed by atoms with Crippen molar-refractivity contribution in [3.8, 4) is 0 Å². The van der Waals surface area contributed by atoms with Crippen molar-refractivity contribution < 1.29 is 14.6 Å². The standard InChI is InChI=1S/C15H20BrNO3/c1-10(11-3-4-11)17(5-6-20-2)14-8-12(15(18)19)7-13(16)9-14/h7-11H,3-6H2,1-2H3,(H,18,19). The molecule has 1 unspecified atom stereocenters. The van der Waals surface area contributed by atoms with E-state index in [1.807, 2.05) is 6.07 Å². The fourth-order valence-electron chi connectivity index (χ4n) is 2.45. The number of ether oxygens (including phenoxy) is 1. The number of halogens is 1. The summed E-state index contributed by atoms with van der Waals surface area (Å²) >= 11 is 3.40. The summed E-state index contributed by atoms with van der Waals surface area (Å²) in [6, 6.07) is 5.74. The van der Waals surface area contributed by atoms with Gasteiger partial charge in [-0.05, 0) is 43.9 Å². The number of carbonyl (C=O) groups is 1. The Kier molecular flexibility index (Phi) is 5.05. The highest BCUT2D eigenvalue weighted by atomic mass is 79.9. The molecule has 1 atom stereocenters. The van der Waals surface area contributed by atoms with E-state index in [1.165, 1.54) is 12.8 Å². The van der Waals surface area contributed by atoms with Crippen molar-refractivity contribution >= 4 is 27.6 Å². The minimum Gasteiger partial charge on any atom is -0.478 e. The third-order valence-electron chi connectivity index (χ3n) is 3.79. The molecular weight excluding hydrogens is 322 g/mol. The molecule has 0 aliphatic heterocycles. The summed E-state index contributed by atoms with van der Waals surface area (Å²) in [7, 11) is 1.68. The first-order chi connectivity index (χ1) is 9.52. The van der Waals surface area contributed by atoms with E-state index in [0.717, 1.165) is 16.7 Å². The number of rotatable bonds is 7. The summed E-state index contributed by atoms with van der Waals surface area (Å²) in [5.41, 5.74) is 1.24. The van der Waals surface area contributed by atoms with Crippen LogP contribution in [0.1, 0.15) is 30.1 Å². The fourth-order valence-corrected chi connectivity index (χ4v) is 2.94. The van der Waals surface area contributed by atoms with Gasteiger partial charge in [-0.3, -0.25) is 0 Å². The van der Waals surface area contributed by atoms with Crippen molar-refractivity contribution in [3.05, 3.63) is 28.2 Å². The maximum atomic E-state index is 11.2. The van der Waals surface area contributed by atoms with Crippen LogP contribution in [-0.2, 0) is 4.74 Å². The molecule has 4 nitrogen and oxygen atoms in total. The zero-order chi connectivity index (χ0) is 14.7. The van der Waals surface area contributed by atoms with E-state index in [2.05, 4.69) is 27.8 Å². The van der Waals surface area contributed by atoms with Gasteiger partial charge in [0.25, 0.3) is 0 Å². The van der Waals surface area contributed by atoms with E-state index < -0.39 is 5.97 Å². The van der Waals surface area contributed by atoms with Crippen LogP contribution in [0.3, 0.4) is 0 Å². The van der Waals surface area contributed by atoms with Crippen LogP contribution in [-0.4, -0.2) is 37.4 Å².